The maximum atomic E-state index is 3.64. The molecule has 12 heavy (non-hydrogen) atoms. The zero-order chi connectivity index (χ0) is 9.14. The highest BCUT2D eigenvalue weighted by molar-refractivity contribution is 4.80. The van der Waals surface area contributed by atoms with Gasteiger partial charge in [0.1, 0.15) is 0 Å². The Bertz CT molecular complexity index is 118. The Hall–Kier alpha value is -0.0400. The van der Waals surface area contributed by atoms with Gasteiger partial charge in [0.2, 0.25) is 0 Å². The van der Waals surface area contributed by atoms with Gasteiger partial charge in [0.15, 0.2) is 0 Å². The fraction of sp³-hybridized carbons (Fsp3) is 1.00. The molecule has 1 fully saturated rings. The summed E-state index contributed by atoms with van der Waals surface area (Å²) < 4.78 is 0. The van der Waals surface area contributed by atoms with E-state index >= 15 is 0 Å². The van der Waals surface area contributed by atoms with Gasteiger partial charge in [-0.05, 0) is 31.1 Å². The maximum absolute atomic E-state index is 3.64. The van der Waals surface area contributed by atoms with E-state index in [1.807, 2.05) is 0 Å². The van der Waals surface area contributed by atoms with Crippen LogP contribution in [0.25, 0.3) is 0 Å². The fourth-order valence-corrected chi connectivity index (χ4v) is 2.55. The summed E-state index contributed by atoms with van der Waals surface area (Å²) >= 11 is 0. The molecule has 0 amide bonds. The van der Waals surface area contributed by atoms with Crippen LogP contribution in [0.4, 0.5) is 0 Å². The van der Waals surface area contributed by atoms with E-state index in [9.17, 15) is 0 Å². The molecule has 1 heteroatoms. The third-order valence-corrected chi connectivity index (χ3v) is 2.75. The summed E-state index contributed by atoms with van der Waals surface area (Å²) in [6.07, 6.45) is 4.18. The van der Waals surface area contributed by atoms with Crippen molar-refractivity contribution in [2.75, 3.05) is 0 Å². The summed E-state index contributed by atoms with van der Waals surface area (Å²) in [5.41, 5.74) is 0. The van der Waals surface area contributed by atoms with Crippen molar-refractivity contribution >= 4 is 0 Å². The first kappa shape index (κ1) is 10.0. The minimum absolute atomic E-state index is 0.646. The maximum Gasteiger partial charge on any atom is 0.00744 e. The molecule has 1 rings (SSSR count). The Morgan fingerprint density at radius 3 is 1.92 bits per heavy atom. The summed E-state index contributed by atoms with van der Waals surface area (Å²) in [5, 5.41) is 3.64. The second kappa shape index (κ2) is 4.27. The average molecular weight is 169 g/mol. The number of hydrogen-bond acceptors (Lipinski definition) is 1. The van der Waals surface area contributed by atoms with Crippen molar-refractivity contribution in [3.05, 3.63) is 0 Å². The summed E-state index contributed by atoms with van der Waals surface area (Å²) in [7, 11) is 0. The van der Waals surface area contributed by atoms with Gasteiger partial charge >= 0.3 is 0 Å². The van der Waals surface area contributed by atoms with Crippen molar-refractivity contribution in [3.63, 3.8) is 0 Å². The quantitative estimate of drug-likeness (QED) is 0.670. The minimum Gasteiger partial charge on any atom is -0.312 e. The molecule has 2 atom stereocenters. The Morgan fingerprint density at radius 2 is 1.50 bits per heavy atom. The fourth-order valence-electron chi connectivity index (χ4n) is 2.55. The Morgan fingerprint density at radius 1 is 1.00 bits per heavy atom. The van der Waals surface area contributed by atoms with Gasteiger partial charge in [0, 0.05) is 12.1 Å². The van der Waals surface area contributed by atoms with E-state index in [1.165, 1.54) is 19.3 Å². The molecule has 0 aromatic heterocycles. The van der Waals surface area contributed by atoms with E-state index in [0.717, 1.165) is 17.9 Å². The summed E-state index contributed by atoms with van der Waals surface area (Å²) in [5.74, 6) is 1.84. The van der Waals surface area contributed by atoms with E-state index in [4.69, 9.17) is 0 Å². The monoisotopic (exact) mass is 169 g/mol. The number of nitrogens with one attached hydrogen (secondary N) is 1. The van der Waals surface area contributed by atoms with Crippen molar-refractivity contribution in [2.45, 2.75) is 59.0 Å². The zero-order valence-electron chi connectivity index (χ0n) is 8.93. The Kier molecular flexibility index (Phi) is 3.57. The highest BCUT2D eigenvalue weighted by Gasteiger charge is 2.23. The first-order valence-electron chi connectivity index (χ1n) is 5.34. The molecule has 0 saturated heterocycles. The average Bonchev–Trinajstić information content (AvgIpc) is 1.81. The normalized spacial score (nSPS) is 37.2. The molecule has 0 bridgehead atoms. The van der Waals surface area contributed by atoms with Gasteiger partial charge in [0.05, 0.1) is 0 Å². The molecule has 0 heterocycles. The topological polar surface area (TPSA) is 12.0 Å². The van der Waals surface area contributed by atoms with Crippen LogP contribution in [0.15, 0.2) is 0 Å². The molecule has 2 unspecified atom stereocenters. The Balaban J connectivity index is 2.34. The molecular weight excluding hydrogens is 146 g/mol. The lowest BCUT2D eigenvalue weighted by molar-refractivity contribution is 0.231. The van der Waals surface area contributed by atoms with Crippen molar-refractivity contribution < 1.29 is 0 Å². The van der Waals surface area contributed by atoms with E-state index in [2.05, 4.69) is 33.0 Å². The van der Waals surface area contributed by atoms with E-state index in [-0.39, 0.29) is 0 Å². The Labute approximate surface area is 76.9 Å². The third kappa shape index (κ3) is 3.14. The van der Waals surface area contributed by atoms with Crippen molar-refractivity contribution in [3.8, 4) is 0 Å². The highest BCUT2D eigenvalue weighted by atomic mass is 14.9. The first-order valence-corrected chi connectivity index (χ1v) is 5.34. The summed E-state index contributed by atoms with van der Waals surface area (Å²) in [6, 6.07) is 1.43. The molecular formula is C11H23N. The highest BCUT2D eigenvalue weighted by Crippen LogP contribution is 2.28. The molecule has 0 aliphatic heterocycles. The molecule has 1 saturated carbocycles. The van der Waals surface area contributed by atoms with Crippen LogP contribution >= 0.6 is 0 Å². The van der Waals surface area contributed by atoms with Crippen LogP contribution in [-0.4, -0.2) is 12.1 Å². The molecule has 1 nitrogen and oxygen atoms in total. The molecule has 0 spiro atoms. The molecule has 0 radical (unpaired) electrons. The van der Waals surface area contributed by atoms with Gasteiger partial charge in [-0.3, -0.25) is 0 Å². The standard InChI is InChI=1S/C11H23N/c1-8(2)12-11-6-9(3)5-10(4)7-11/h8-12H,5-7H2,1-4H3. The number of hydrogen-bond donors (Lipinski definition) is 1. The van der Waals surface area contributed by atoms with Gasteiger partial charge in [-0.2, -0.15) is 0 Å². The van der Waals surface area contributed by atoms with Crippen LogP contribution in [0.5, 0.6) is 0 Å². The van der Waals surface area contributed by atoms with Gasteiger partial charge in [-0.15, -0.1) is 0 Å². The van der Waals surface area contributed by atoms with E-state index in [1.54, 1.807) is 0 Å². The first-order chi connectivity index (χ1) is 5.58. The van der Waals surface area contributed by atoms with Crippen LogP contribution in [0.1, 0.15) is 47.0 Å². The summed E-state index contributed by atoms with van der Waals surface area (Å²) in [6.45, 7) is 9.24. The number of rotatable bonds is 2. The second-order valence-corrected chi connectivity index (χ2v) is 4.94. The molecule has 0 aromatic carbocycles. The molecule has 1 N–H and O–H groups in total. The van der Waals surface area contributed by atoms with Gasteiger partial charge in [-0.25, -0.2) is 0 Å². The minimum atomic E-state index is 0.646. The van der Waals surface area contributed by atoms with Crippen molar-refractivity contribution in [1.29, 1.82) is 0 Å². The molecule has 0 aromatic rings. The van der Waals surface area contributed by atoms with Gasteiger partial charge in [-0.1, -0.05) is 27.7 Å². The van der Waals surface area contributed by atoms with Crippen molar-refractivity contribution in [2.24, 2.45) is 11.8 Å². The predicted molar refractivity (Wildman–Crippen MR) is 54.2 cm³/mol. The van der Waals surface area contributed by atoms with Crippen molar-refractivity contribution in [1.82, 2.24) is 5.32 Å². The van der Waals surface area contributed by atoms with Gasteiger partial charge < -0.3 is 5.32 Å². The van der Waals surface area contributed by atoms with Crippen LogP contribution in [0, 0.1) is 11.8 Å². The van der Waals surface area contributed by atoms with Crippen LogP contribution < -0.4 is 5.32 Å². The molecule has 72 valence electrons. The lowest BCUT2D eigenvalue weighted by atomic mass is 9.80. The lowest BCUT2D eigenvalue weighted by Gasteiger charge is -2.33. The predicted octanol–water partition coefficient (Wildman–Crippen LogP) is 2.81. The molecule has 1 aliphatic rings. The third-order valence-electron chi connectivity index (χ3n) is 2.75. The SMILES string of the molecule is CC1CC(C)CC(NC(C)C)C1. The van der Waals surface area contributed by atoms with Crippen LogP contribution in [-0.2, 0) is 0 Å². The van der Waals surface area contributed by atoms with E-state index < -0.39 is 0 Å². The smallest absolute Gasteiger partial charge is 0.00744 e. The largest absolute Gasteiger partial charge is 0.312 e. The van der Waals surface area contributed by atoms with E-state index in [0.29, 0.717) is 6.04 Å². The molecule has 1 aliphatic carbocycles. The lowest BCUT2D eigenvalue weighted by Crippen LogP contribution is -2.39. The second-order valence-electron chi connectivity index (χ2n) is 4.94. The zero-order valence-corrected chi connectivity index (χ0v) is 8.93. The van der Waals surface area contributed by atoms with Gasteiger partial charge in [0.25, 0.3) is 0 Å². The van der Waals surface area contributed by atoms with Crippen LogP contribution in [0.2, 0.25) is 0 Å². The van der Waals surface area contributed by atoms with Crippen LogP contribution in [0.3, 0.4) is 0 Å². The summed E-state index contributed by atoms with van der Waals surface area (Å²) in [4.78, 5) is 0.